The number of carbonyl (C=O) groups excluding carboxylic acids is 1. The Morgan fingerprint density at radius 2 is 2.11 bits per heavy atom. The van der Waals surface area contributed by atoms with Crippen molar-refractivity contribution < 1.29 is 4.79 Å². The van der Waals surface area contributed by atoms with E-state index in [4.69, 9.17) is 16.6 Å². The SMILES string of the molecule is CCN(CC)CCCC(C)NC(=O)C1CCc2cc3ccc(Cl)cc3nc2C1. The number of nitrogens with one attached hydrogen (secondary N) is 1. The van der Waals surface area contributed by atoms with Crippen molar-refractivity contribution in [3.63, 3.8) is 0 Å². The van der Waals surface area contributed by atoms with Crippen LogP contribution >= 0.6 is 11.6 Å². The Kier molecular flexibility index (Phi) is 7.30. The number of carbonyl (C=O) groups is 1. The van der Waals surface area contributed by atoms with Crippen molar-refractivity contribution in [3.8, 4) is 0 Å². The first-order chi connectivity index (χ1) is 13.5. The molecule has 4 nitrogen and oxygen atoms in total. The van der Waals surface area contributed by atoms with Gasteiger partial charge < -0.3 is 10.2 Å². The fourth-order valence-corrected chi connectivity index (χ4v) is 4.27. The van der Waals surface area contributed by atoms with E-state index >= 15 is 0 Å². The average molecular weight is 402 g/mol. The zero-order valence-corrected chi connectivity index (χ0v) is 18.1. The molecule has 0 bridgehead atoms. The highest BCUT2D eigenvalue weighted by Gasteiger charge is 2.26. The van der Waals surface area contributed by atoms with E-state index in [1.54, 1.807) is 0 Å². The summed E-state index contributed by atoms with van der Waals surface area (Å²) in [6, 6.07) is 8.24. The van der Waals surface area contributed by atoms with Crippen molar-refractivity contribution in [2.75, 3.05) is 19.6 Å². The molecule has 2 unspecified atom stereocenters. The Morgan fingerprint density at radius 1 is 1.32 bits per heavy atom. The highest BCUT2D eigenvalue weighted by molar-refractivity contribution is 6.31. The summed E-state index contributed by atoms with van der Waals surface area (Å²) in [5.74, 6) is 0.191. The number of nitrogens with zero attached hydrogens (tertiary/aromatic N) is 2. The topological polar surface area (TPSA) is 45.2 Å². The van der Waals surface area contributed by atoms with Crippen LogP contribution in [0.2, 0.25) is 5.02 Å². The Hall–Kier alpha value is -1.65. The summed E-state index contributed by atoms with van der Waals surface area (Å²) in [4.78, 5) is 20.0. The number of benzene rings is 1. The number of aryl methyl sites for hydroxylation is 1. The number of hydrogen-bond acceptors (Lipinski definition) is 3. The molecule has 1 amide bonds. The van der Waals surface area contributed by atoms with E-state index in [9.17, 15) is 4.79 Å². The lowest BCUT2D eigenvalue weighted by atomic mass is 9.85. The number of fused-ring (bicyclic) bond motifs is 2. The van der Waals surface area contributed by atoms with E-state index in [0.29, 0.717) is 5.02 Å². The van der Waals surface area contributed by atoms with Gasteiger partial charge in [0.05, 0.1) is 5.52 Å². The summed E-state index contributed by atoms with van der Waals surface area (Å²) in [6.45, 7) is 9.78. The normalized spacial score (nSPS) is 17.5. The second-order valence-electron chi connectivity index (χ2n) is 7.95. The second-order valence-corrected chi connectivity index (χ2v) is 8.39. The van der Waals surface area contributed by atoms with Crippen LogP contribution in [-0.4, -0.2) is 41.5 Å². The zero-order valence-electron chi connectivity index (χ0n) is 17.3. The van der Waals surface area contributed by atoms with Gasteiger partial charge in [-0.1, -0.05) is 31.5 Å². The van der Waals surface area contributed by atoms with Crippen LogP contribution in [0.15, 0.2) is 24.3 Å². The first-order valence-corrected chi connectivity index (χ1v) is 11.0. The quantitative estimate of drug-likeness (QED) is 0.701. The van der Waals surface area contributed by atoms with Gasteiger partial charge in [0.15, 0.2) is 0 Å². The van der Waals surface area contributed by atoms with Gasteiger partial charge in [-0.3, -0.25) is 9.78 Å². The molecular formula is C23H32ClN3O. The van der Waals surface area contributed by atoms with Gasteiger partial charge in [-0.15, -0.1) is 0 Å². The van der Waals surface area contributed by atoms with Crippen LogP contribution in [0.1, 0.15) is 51.3 Å². The minimum atomic E-state index is 0.0156. The molecule has 0 fully saturated rings. The first-order valence-electron chi connectivity index (χ1n) is 10.6. The summed E-state index contributed by atoms with van der Waals surface area (Å²) in [7, 11) is 0. The van der Waals surface area contributed by atoms with Crippen LogP contribution in [0.3, 0.4) is 0 Å². The van der Waals surface area contributed by atoms with Crippen LogP contribution in [0.25, 0.3) is 10.9 Å². The van der Waals surface area contributed by atoms with Crippen molar-refractivity contribution >= 4 is 28.4 Å². The number of hydrogen-bond donors (Lipinski definition) is 1. The fourth-order valence-electron chi connectivity index (χ4n) is 4.10. The van der Waals surface area contributed by atoms with Crippen LogP contribution in [-0.2, 0) is 17.6 Å². The summed E-state index contributed by atoms with van der Waals surface area (Å²) in [5.41, 5.74) is 3.23. The first kappa shape index (κ1) is 21.1. The largest absolute Gasteiger partial charge is 0.353 e. The third-order valence-corrected chi connectivity index (χ3v) is 6.15. The molecule has 1 N–H and O–H groups in total. The third kappa shape index (κ3) is 5.24. The molecule has 5 heteroatoms. The van der Waals surface area contributed by atoms with Gasteiger partial charge in [0.25, 0.3) is 0 Å². The molecular weight excluding hydrogens is 370 g/mol. The van der Waals surface area contributed by atoms with Gasteiger partial charge in [0.1, 0.15) is 0 Å². The second kappa shape index (κ2) is 9.71. The molecule has 152 valence electrons. The van der Waals surface area contributed by atoms with E-state index in [1.807, 2.05) is 18.2 Å². The van der Waals surface area contributed by atoms with Gasteiger partial charge in [-0.25, -0.2) is 0 Å². The van der Waals surface area contributed by atoms with E-state index in [-0.39, 0.29) is 17.9 Å². The standard InChI is InChI=1S/C23H32ClN3O/c1-4-27(5-2)12-6-7-16(3)25-23(28)19-9-8-17-13-18-10-11-20(24)15-22(18)26-21(17)14-19/h10-11,13,15-16,19H,4-9,12,14H2,1-3H3,(H,25,28). The van der Waals surface area contributed by atoms with Crippen LogP contribution in [0.5, 0.6) is 0 Å². The van der Waals surface area contributed by atoms with Crippen molar-refractivity contribution in [2.24, 2.45) is 5.92 Å². The molecule has 1 aromatic heterocycles. The Bertz CT molecular complexity index is 819. The van der Waals surface area contributed by atoms with E-state index < -0.39 is 0 Å². The molecule has 2 aromatic rings. The van der Waals surface area contributed by atoms with E-state index in [2.05, 4.69) is 37.1 Å². The predicted octanol–water partition coefficient (Wildman–Crippen LogP) is 4.62. The molecule has 0 radical (unpaired) electrons. The summed E-state index contributed by atoms with van der Waals surface area (Å²) in [6.07, 6.45) is 4.66. The lowest BCUT2D eigenvalue weighted by Gasteiger charge is -2.25. The molecule has 0 aliphatic heterocycles. The van der Waals surface area contributed by atoms with Crippen LogP contribution < -0.4 is 5.32 Å². The third-order valence-electron chi connectivity index (χ3n) is 5.92. The van der Waals surface area contributed by atoms with Gasteiger partial charge in [-0.05, 0) is 76.0 Å². The molecule has 1 aliphatic rings. The lowest BCUT2D eigenvalue weighted by molar-refractivity contribution is -0.126. The Labute approximate surface area is 173 Å². The van der Waals surface area contributed by atoms with Gasteiger partial charge in [0.2, 0.25) is 5.91 Å². The Morgan fingerprint density at radius 3 is 2.86 bits per heavy atom. The maximum Gasteiger partial charge on any atom is 0.223 e. The van der Waals surface area contributed by atoms with Gasteiger partial charge in [0, 0.05) is 34.5 Å². The molecule has 0 spiro atoms. The molecule has 3 rings (SSSR count). The minimum Gasteiger partial charge on any atom is -0.353 e. The summed E-state index contributed by atoms with van der Waals surface area (Å²) >= 11 is 6.11. The average Bonchev–Trinajstić information content (AvgIpc) is 2.69. The number of halogens is 1. The smallest absolute Gasteiger partial charge is 0.223 e. The molecule has 28 heavy (non-hydrogen) atoms. The summed E-state index contributed by atoms with van der Waals surface area (Å²) in [5, 5.41) is 5.05. The molecule has 2 atom stereocenters. The molecule has 0 saturated carbocycles. The monoisotopic (exact) mass is 401 g/mol. The zero-order chi connectivity index (χ0) is 20.1. The molecule has 1 aliphatic carbocycles. The number of rotatable bonds is 8. The number of amides is 1. The van der Waals surface area contributed by atoms with Crippen LogP contribution in [0.4, 0.5) is 0 Å². The molecule has 1 aromatic carbocycles. The van der Waals surface area contributed by atoms with Crippen molar-refractivity contribution in [1.29, 1.82) is 0 Å². The van der Waals surface area contributed by atoms with Gasteiger partial charge in [-0.2, -0.15) is 0 Å². The van der Waals surface area contributed by atoms with Crippen molar-refractivity contribution in [1.82, 2.24) is 15.2 Å². The van der Waals surface area contributed by atoms with E-state index in [1.165, 1.54) is 5.56 Å². The Balaban J connectivity index is 1.56. The minimum absolute atomic E-state index is 0.0156. The van der Waals surface area contributed by atoms with Crippen molar-refractivity contribution in [2.45, 2.75) is 58.9 Å². The van der Waals surface area contributed by atoms with Crippen molar-refractivity contribution in [3.05, 3.63) is 40.5 Å². The maximum atomic E-state index is 12.8. The number of aromatic nitrogens is 1. The molecule has 0 saturated heterocycles. The predicted molar refractivity (Wildman–Crippen MR) is 117 cm³/mol. The fraction of sp³-hybridized carbons (Fsp3) is 0.565. The molecule has 1 heterocycles. The summed E-state index contributed by atoms with van der Waals surface area (Å²) < 4.78 is 0. The van der Waals surface area contributed by atoms with Crippen LogP contribution in [0, 0.1) is 5.92 Å². The van der Waals surface area contributed by atoms with Gasteiger partial charge >= 0.3 is 0 Å². The number of pyridine rings is 1. The maximum absolute atomic E-state index is 12.8. The highest BCUT2D eigenvalue weighted by atomic mass is 35.5. The lowest BCUT2D eigenvalue weighted by Crippen LogP contribution is -2.39. The van der Waals surface area contributed by atoms with E-state index in [0.717, 1.165) is 68.3 Å². The highest BCUT2D eigenvalue weighted by Crippen LogP contribution is 2.28.